The molecular weight excluding hydrogens is 671 g/mol. The topological polar surface area (TPSA) is 48.0 Å². The van der Waals surface area contributed by atoms with Gasteiger partial charge in [-0.05, 0) is 81.2 Å². The van der Waals surface area contributed by atoms with Gasteiger partial charge in [0.1, 0.15) is 11.2 Å². The molecule has 0 N–H and O–H groups in total. The highest BCUT2D eigenvalue weighted by Crippen LogP contribution is 2.49. The van der Waals surface area contributed by atoms with E-state index in [1.807, 2.05) is 12.3 Å². The number of aromatic nitrogens is 5. The molecular formula is C50H33N5. The van der Waals surface area contributed by atoms with Crippen LogP contribution in [0.4, 0.5) is 0 Å². The first-order valence-electron chi connectivity index (χ1n) is 18.9. The Kier molecular flexibility index (Phi) is 6.05. The van der Waals surface area contributed by atoms with Crippen LogP contribution < -0.4 is 0 Å². The molecule has 1 aliphatic rings. The van der Waals surface area contributed by atoms with Crippen LogP contribution in [0, 0.1) is 0 Å². The van der Waals surface area contributed by atoms with Gasteiger partial charge in [0.05, 0.1) is 27.8 Å². The molecule has 0 radical (unpaired) electrons. The van der Waals surface area contributed by atoms with Crippen LogP contribution in [-0.4, -0.2) is 23.9 Å². The van der Waals surface area contributed by atoms with E-state index in [2.05, 4.69) is 174 Å². The highest BCUT2D eigenvalue weighted by Gasteiger charge is 2.35. The fourth-order valence-electron chi connectivity index (χ4n) is 9.39. The molecule has 12 rings (SSSR count). The molecule has 258 valence electrons. The number of benzene rings is 7. The Morgan fingerprint density at radius 3 is 2.04 bits per heavy atom. The average molecular weight is 704 g/mol. The number of hydrogen-bond acceptors (Lipinski definition) is 3. The molecule has 1 aliphatic carbocycles. The van der Waals surface area contributed by atoms with Gasteiger partial charge in [0.15, 0.2) is 0 Å². The summed E-state index contributed by atoms with van der Waals surface area (Å²) in [4.78, 5) is 15.7. The summed E-state index contributed by atoms with van der Waals surface area (Å²) in [5.74, 6) is 0.616. The molecule has 0 amide bonds. The fraction of sp³-hybridized carbons (Fsp3) is 0.0600. The van der Waals surface area contributed by atoms with E-state index in [-0.39, 0.29) is 5.41 Å². The Bertz CT molecular complexity index is 3420. The number of pyridine rings is 1. The van der Waals surface area contributed by atoms with Crippen molar-refractivity contribution in [2.75, 3.05) is 0 Å². The summed E-state index contributed by atoms with van der Waals surface area (Å²) in [7, 11) is 0. The standard InChI is InChI=1S/C50H33N5/c1-50(2)40-19-8-5-15-34(40)35-23-22-31(29-41(35)50)30-12-11-13-32(28-30)42-26-27-51-49(52-42)55-44-21-10-7-17-37(44)38-24-25-45-46(47(38)55)53-48-39-18-4-3-14-33(39)36-16-6-9-20-43(36)54(45)48/h3-29H,1-2H3. The number of para-hydroxylation sites is 2. The number of nitrogens with zero attached hydrogens (tertiary/aromatic N) is 5. The monoisotopic (exact) mass is 703 g/mol. The molecule has 11 aromatic rings. The summed E-state index contributed by atoms with van der Waals surface area (Å²) in [6, 6.07) is 56.7. The molecule has 0 saturated heterocycles. The molecule has 0 spiro atoms. The zero-order valence-corrected chi connectivity index (χ0v) is 30.3. The summed E-state index contributed by atoms with van der Waals surface area (Å²) in [5, 5.41) is 5.80. The molecule has 4 aromatic heterocycles. The molecule has 0 fully saturated rings. The number of hydrogen-bond donors (Lipinski definition) is 0. The first-order chi connectivity index (χ1) is 27.0. The minimum atomic E-state index is -0.0596. The average Bonchev–Trinajstić information content (AvgIpc) is 3.87. The summed E-state index contributed by atoms with van der Waals surface area (Å²) >= 11 is 0. The maximum atomic E-state index is 5.46. The van der Waals surface area contributed by atoms with Crippen molar-refractivity contribution in [1.29, 1.82) is 0 Å². The summed E-state index contributed by atoms with van der Waals surface area (Å²) in [6.07, 6.45) is 1.88. The minimum absolute atomic E-state index is 0.0596. The first-order valence-corrected chi connectivity index (χ1v) is 18.9. The van der Waals surface area contributed by atoms with Gasteiger partial charge in [-0.25, -0.2) is 15.0 Å². The van der Waals surface area contributed by atoms with E-state index in [0.717, 1.165) is 66.2 Å². The van der Waals surface area contributed by atoms with Crippen LogP contribution >= 0.6 is 0 Å². The zero-order valence-electron chi connectivity index (χ0n) is 30.3. The van der Waals surface area contributed by atoms with Crippen LogP contribution in [0.1, 0.15) is 25.0 Å². The highest BCUT2D eigenvalue weighted by molar-refractivity contribution is 6.20. The summed E-state index contributed by atoms with van der Waals surface area (Å²) in [6.45, 7) is 4.67. The third kappa shape index (κ3) is 4.15. The Balaban J connectivity index is 1.05. The van der Waals surface area contributed by atoms with Gasteiger partial charge in [-0.2, -0.15) is 0 Å². The lowest BCUT2D eigenvalue weighted by atomic mass is 9.81. The SMILES string of the molecule is CC1(C)c2ccccc2-c2ccc(-c3cccc(-c4ccnc(-n5c6ccccc6c6ccc7c(nc8c9ccccc9c9ccccc9n78)c65)n4)c3)cc21. The maximum absolute atomic E-state index is 5.46. The smallest absolute Gasteiger partial charge is 0.235 e. The Labute approximate surface area is 316 Å². The van der Waals surface area contributed by atoms with Gasteiger partial charge in [0.25, 0.3) is 0 Å². The second-order valence-electron chi connectivity index (χ2n) is 15.3. The van der Waals surface area contributed by atoms with Gasteiger partial charge >= 0.3 is 0 Å². The predicted molar refractivity (Wildman–Crippen MR) is 226 cm³/mol. The van der Waals surface area contributed by atoms with Crippen molar-refractivity contribution in [3.8, 4) is 39.5 Å². The Morgan fingerprint density at radius 2 is 1.16 bits per heavy atom. The molecule has 4 heterocycles. The maximum Gasteiger partial charge on any atom is 0.235 e. The van der Waals surface area contributed by atoms with Gasteiger partial charge in [-0.3, -0.25) is 8.97 Å². The van der Waals surface area contributed by atoms with Crippen LogP contribution in [0.5, 0.6) is 0 Å². The second kappa shape index (κ2) is 11.0. The zero-order chi connectivity index (χ0) is 36.4. The van der Waals surface area contributed by atoms with Gasteiger partial charge in [-0.1, -0.05) is 129 Å². The molecule has 0 aliphatic heterocycles. The summed E-state index contributed by atoms with van der Waals surface area (Å²) < 4.78 is 4.52. The number of imidazole rings is 1. The minimum Gasteiger partial charge on any atom is -0.292 e. The van der Waals surface area contributed by atoms with Crippen molar-refractivity contribution in [1.82, 2.24) is 23.9 Å². The van der Waals surface area contributed by atoms with Crippen LogP contribution in [-0.2, 0) is 5.41 Å². The fourth-order valence-corrected chi connectivity index (χ4v) is 9.39. The number of rotatable bonds is 3. The van der Waals surface area contributed by atoms with Crippen molar-refractivity contribution < 1.29 is 0 Å². The number of fused-ring (bicyclic) bond motifs is 15. The molecule has 0 unspecified atom stereocenters. The van der Waals surface area contributed by atoms with E-state index in [4.69, 9.17) is 15.0 Å². The first kappa shape index (κ1) is 30.4. The van der Waals surface area contributed by atoms with Crippen molar-refractivity contribution >= 4 is 60.2 Å². The molecule has 5 nitrogen and oxygen atoms in total. The molecule has 55 heavy (non-hydrogen) atoms. The largest absolute Gasteiger partial charge is 0.292 e. The van der Waals surface area contributed by atoms with Crippen molar-refractivity contribution in [3.05, 3.63) is 175 Å². The van der Waals surface area contributed by atoms with Gasteiger partial charge in [0, 0.05) is 38.7 Å². The van der Waals surface area contributed by atoms with Gasteiger partial charge in [-0.15, -0.1) is 0 Å². The lowest BCUT2D eigenvalue weighted by Gasteiger charge is -2.22. The van der Waals surface area contributed by atoms with Crippen LogP contribution in [0.15, 0.2) is 164 Å². The van der Waals surface area contributed by atoms with Crippen molar-refractivity contribution in [2.24, 2.45) is 0 Å². The van der Waals surface area contributed by atoms with Crippen molar-refractivity contribution in [2.45, 2.75) is 19.3 Å². The molecule has 0 saturated carbocycles. The van der Waals surface area contributed by atoms with E-state index in [1.54, 1.807) is 0 Å². The van der Waals surface area contributed by atoms with Crippen LogP contribution in [0.3, 0.4) is 0 Å². The van der Waals surface area contributed by atoms with Gasteiger partial charge < -0.3 is 0 Å². The molecule has 5 heteroatoms. The van der Waals surface area contributed by atoms with Crippen LogP contribution in [0.2, 0.25) is 0 Å². The molecule has 0 bridgehead atoms. The Morgan fingerprint density at radius 1 is 0.473 bits per heavy atom. The predicted octanol–water partition coefficient (Wildman–Crippen LogP) is 12.3. The van der Waals surface area contributed by atoms with E-state index in [0.29, 0.717) is 5.95 Å². The normalized spacial score (nSPS) is 13.4. The van der Waals surface area contributed by atoms with Gasteiger partial charge in [0.2, 0.25) is 5.95 Å². The lowest BCUT2D eigenvalue weighted by Crippen LogP contribution is -2.14. The van der Waals surface area contributed by atoms with E-state index in [1.165, 1.54) is 38.6 Å². The molecule has 0 atom stereocenters. The van der Waals surface area contributed by atoms with E-state index < -0.39 is 0 Å². The van der Waals surface area contributed by atoms with Crippen molar-refractivity contribution in [3.63, 3.8) is 0 Å². The lowest BCUT2D eigenvalue weighted by molar-refractivity contribution is 0.660. The quantitative estimate of drug-likeness (QED) is 0.172. The molecule has 7 aromatic carbocycles. The Hall–Kier alpha value is -7.11. The third-order valence-corrected chi connectivity index (χ3v) is 12.0. The summed E-state index contributed by atoms with van der Waals surface area (Å²) in [5.41, 5.74) is 15.7. The third-order valence-electron chi connectivity index (χ3n) is 12.0. The van der Waals surface area contributed by atoms with E-state index >= 15 is 0 Å². The van der Waals surface area contributed by atoms with Crippen LogP contribution in [0.25, 0.3) is 99.6 Å². The van der Waals surface area contributed by atoms with E-state index in [9.17, 15) is 0 Å². The highest BCUT2D eigenvalue weighted by atomic mass is 15.2. The second-order valence-corrected chi connectivity index (χ2v) is 15.3.